The average Bonchev–Trinajstić information content (AvgIpc) is 2.47. The number of ether oxygens (including phenoxy) is 1. The molecule has 2 rings (SSSR count). The van der Waals surface area contributed by atoms with Crippen LogP contribution in [0.4, 0.5) is 15.9 Å². The van der Waals surface area contributed by atoms with Gasteiger partial charge in [-0.25, -0.2) is 9.37 Å². The van der Waals surface area contributed by atoms with Crippen molar-refractivity contribution in [3.63, 3.8) is 0 Å². The number of halogens is 2. The van der Waals surface area contributed by atoms with E-state index in [0.717, 1.165) is 12.3 Å². The van der Waals surface area contributed by atoms with Crippen molar-refractivity contribution in [3.05, 3.63) is 46.9 Å². The van der Waals surface area contributed by atoms with E-state index in [1.165, 1.54) is 7.11 Å². The number of hydrogen-bond donors (Lipinski definition) is 2. The van der Waals surface area contributed by atoms with Gasteiger partial charge < -0.3 is 15.4 Å². The largest absolute Gasteiger partial charge is 0.495 e. The molecular weight excluding hydrogens is 297 g/mol. The Morgan fingerprint density at radius 1 is 1.38 bits per heavy atom. The molecule has 0 atom stereocenters. The minimum Gasteiger partial charge on any atom is -0.495 e. The van der Waals surface area contributed by atoms with Gasteiger partial charge in [-0.05, 0) is 24.3 Å². The third kappa shape index (κ3) is 3.41. The molecule has 1 amide bonds. The van der Waals surface area contributed by atoms with Gasteiger partial charge in [0.15, 0.2) is 0 Å². The van der Waals surface area contributed by atoms with Gasteiger partial charge in [0.05, 0.1) is 23.9 Å². The van der Waals surface area contributed by atoms with Gasteiger partial charge in [-0.1, -0.05) is 11.6 Å². The average molecular weight is 310 g/mol. The van der Waals surface area contributed by atoms with Crippen LogP contribution < -0.4 is 15.4 Å². The molecule has 7 heteroatoms. The van der Waals surface area contributed by atoms with E-state index in [4.69, 9.17) is 16.3 Å². The molecule has 1 aromatic heterocycles. The summed E-state index contributed by atoms with van der Waals surface area (Å²) in [5.74, 6) is -0.300. The van der Waals surface area contributed by atoms with Crippen molar-refractivity contribution in [1.82, 2.24) is 4.98 Å². The molecular formula is C14H13ClFN3O2. The van der Waals surface area contributed by atoms with Crippen LogP contribution in [0.3, 0.4) is 0 Å². The lowest BCUT2D eigenvalue weighted by atomic mass is 10.2. The maximum Gasteiger partial charge on any atom is 0.259 e. The number of rotatable bonds is 4. The third-order valence-corrected chi connectivity index (χ3v) is 3.04. The molecule has 0 saturated heterocycles. The topological polar surface area (TPSA) is 63.2 Å². The molecule has 0 aliphatic heterocycles. The summed E-state index contributed by atoms with van der Waals surface area (Å²) in [6, 6.07) is 5.92. The Morgan fingerprint density at radius 2 is 2.14 bits per heavy atom. The third-order valence-electron chi connectivity index (χ3n) is 2.75. The molecule has 0 aliphatic rings. The number of nitrogens with zero attached hydrogens (tertiary/aromatic N) is 1. The first-order chi connectivity index (χ1) is 10.0. The molecule has 21 heavy (non-hydrogen) atoms. The van der Waals surface area contributed by atoms with Gasteiger partial charge in [-0.15, -0.1) is 0 Å². The Balaban J connectivity index is 2.26. The lowest BCUT2D eigenvalue weighted by molar-refractivity contribution is 0.102. The number of amides is 1. The molecule has 0 saturated carbocycles. The first kappa shape index (κ1) is 15.1. The molecule has 0 bridgehead atoms. The standard InChI is InChI=1S/C14H13ClFN3O2/c1-17-13-10(5-8(16)7-18-13)14(20)19-9-3-4-12(21-2)11(15)6-9/h3-7H,1-2H3,(H,17,18)(H,19,20). The molecule has 0 unspecified atom stereocenters. The second-order valence-electron chi connectivity index (χ2n) is 4.10. The monoisotopic (exact) mass is 309 g/mol. The fraction of sp³-hybridized carbons (Fsp3) is 0.143. The maximum absolute atomic E-state index is 13.2. The summed E-state index contributed by atoms with van der Waals surface area (Å²) in [6.07, 6.45) is 1.03. The first-order valence-electron chi connectivity index (χ1n) is 6.03. The van der Waals surface area contributed by atoms with Gasteiger partial charge in [0.2, 0.25) is 0 Å². The number of carbonyl (C=O) groups excluding carboxylic acids is 1. The van der Waals surface area contributed by atoms with E-state index in [1.54, 1.807) is 25.2 Å². The molecule has 0 spiro atoms. The molecule has 0 fully saturated rings. The Hall–Kier alpha value is -2.34. The molecule has 1 heterocycles. The maximum atomic E-state index is 13.2. The van der Waals surface area contributed by atoms with Crippen LogP contribution in [0.1, 0.15) is 10.4 Å². The minimum atomic E-state index is -0.591. The van der Waals surface area contributed by atoms with Gasteiger partial charge in [0.25, 0.3) is 5.91 Å². The number of nitrogens with one attached hydrogen (secondary N) is 2. The second kappa shape index (κ2) is 6.41. The Labute approximate surface area is 126 Å². The number of pyridine rings is 1. The number of benzene rings is 1. The summed E-state index contributed by atoms with van der Waals surface area (Å²) in [6.45, 7) is 0. The van der Waals surface area contributed by atoms with Gasteiger partial charge >= 0.3 is 0 Å². The van der Waals surface area contributed by atoms with Gasteiger partial charge in [0.1, 0.15) is 17.4 Å². The predicted octanol–water partition coefficient (Wildman–Crippen LogP) is 3.18. The first-order valence-corrected chi connectivity index (χ1v) is 6.41. The van der Waals surface area contributed by atoms with E-state index >= 15 is 0 Å². The van der Waals surface area contributed by atoms with Crippen molar-refractivity contribution >= 4 is 29.0 Å². The van der Waals surface area contributed by atoms with E-state index in [0.29, 0.717) is 16.5 Å². The van der Waals surface area contributed by atoms with Crippen LogP contribution in [0.15, 0.2) is 30.5 Å². The Kier molecular flexibility index (Phi) is 4.59. The summed E-state index contributed by atoms with van der Waals surface area (Å²) in [5.41, 5.74) is 0.571. The van der Waals surface area contributed by atoms with Crippen molar-refractivity contribution in [3.8, 4) is 5.75 Å². The minimum absolute atomic E-state index is 0.101. The van der Waals surface area contributed by atoms with Crippen LogP contribution in [0, 0.1) is 5.82 Å². The lowest BCUT2D eigenvalue weighted by Crippen LogP contribution is -2.15. The molecule has 110 valence electrons. The normalized spacial score (nSPS) is 10.1. The fourth-order valence-corrected chi connectivity index (χ4v) is 2.01. The molecule has 0 radical (unpaired) electrons. The number of methoxy groups -OCH3 is 1. The van der Waals surface area contributed by atoms with Crippen molar-refractivity contribution in [2.75, 3.05) is 24.8 Å². The molecule has 2 N–H and O–H groups in total. The molecule has 2 aromatic rings. The number of carbonyl (C=O) groups is 1. The SMILES string of the molecule is CNc1ncc(F)cc1C(=O)Nc1ccc(OC)c(Cl)c1. The zero-order valence-electron chi connectivity index (χ0n) is 11.4. The zero-order chi connectivity index (χ0) is 15.4. The van der Waals surface area contributed by atoms with Crippen molar-refractivity contribution < 1.29 is 13.9 Å². The second-order valence-corrected chi connectivity index (χ2v) is 4.51. The zero-order valence-corrected chi connectivity index (χ0v) is 12.2. The number of anilines is 2. The van der Waals surface area contributed by atoms with Crippen LogP contribution in [-0.4, -0.2) is 25.0 Å². The van der Waals surface area contributed by atoms with Crippen molar-refractivity contribution in [1.29, 1.82) is 0 Å². The Morgan fingerprint density at radius 3 is 2.76 bits per heavy atom. The highest BCUT2D eigenvalue weighted by atomic mass is 35.5. The van der Waals surface area contributed by atoms with E-state index < -0.39 is 11.7 Å². The summed E-state index contributed by atoms with van der Waals surface area (Å²) in [4.78, 5) is 16.0. The van der Waals surface area contributed by atoms with Gasteiger partial charge in [-0.2, -0.15) is 0 Å². The number of hydrogen-bond acceptors (Lipinski definition) is 4. The fourth-order valence-electron chi connectivity index (χ4n) is 1.75. The van der Waals surface area contributed by atoms with Gasteiger partial charge in [0, 0.05) is 12.7 Å². The van der Waals surface area contributed by atoms with Crippen LogP contribution in [0.5, 0.6) is 5.75 Å². The van der Waals surface area contributed by atoms with Crippen LogP contribution >= 0.6 is 11.6 Å². The van der Waals surface area contributed by atoms with E-state index in [9.17, 15) is 9.18 Å². The highest BCUT2D eigenvalue weighted by Crippen LogP contribution is 2.27. The molecule has 1 aromatic carbocycles. The van der Waals surface area contributed by atoms with Crippen LogP contribution in [0.25, 0.3) is 0 Å². The van der Waals surface area contributed by atoms with Gasteiger partial charge in [-0.3, -0.25) is 4.79 Å². The van der Waals surface area contributed by atoms with Crippen molar-refractivity contribution in [2.45, 2.75) is 0 Å². The van der Waals surface area contributed by atoms with E-state index in [2.05, 4.69) is 15.6 Å². The summed E-state index contributed by atoms with van der Waals surface area (Å²) < 4.78 is 18.3. The van der Waals surface area contributed by atoms with E-state index in [-0.39, 0.29) is 11.4 Å². The number of aromatic nitrogens is 1. The highest BCUT2D eigenvalue weighted by Gasteiger charge is 2.14. The summed E-state index contributed by atoms with van der Waals surface area (Å²) in [7, 11) is 3.10. The lowest BCUT2D eigenvalue weighted by Gasteiger charge is -2.10. The Bertz CT molecular complexity index is 679. The van der Waals surface area contributed by atoms with E-state index in [1.807, 2.05) is 0 Å². The summed E-state index contributed by atoms with van der Waals surface area (Å²) >= 11 is 5.98. The smallest absolute Gasteiger partial charge is 0.259 e. The highest BCUT2D eigenvalue weighted by molar-refractivity contribution is 6.32. The molecule has 5 nitrogen and oxygen atoms in total. The summed E-state index contributed by atoms with van der Waals surface area (Å²) in [5, 5.41) is 5.72. The molecule has 0 aliphatic carbocycles. The predicted molar refractivity (Wildman–Crippen MR) is 79.7 cm³/mol. The quantitative estimate of drug-likeness (QED) is 0.910. The van der Waals surface area contributed by atoms with Crippen LogP contribution in [-0.2, 0) is 0 Å². The van der Waals surface area contributed by atoms with Crippen molar-refractivity contribution in [2.24, 2.45) is 0 Å². The van der Waals surface area contributed by atoms with Crippen LogP contribution in [0.2, 0.25) is 5.02 Å².